The van der Waals surface area contributed by atoms with Crippen molar-refractivity contribution < 1.29 is 19.1 Å². The summed E-state index contributed by atoms with van der Waals surface area (Å²) in [4.78, 5) is 26.7. The van der Waals surface area contributed by atoms with Crippen LogP contribution in [0.1, 0.15) is 40.5 Å². The molecule has 0 aromatic heterocycles. The van der Waals surface area contributed by atoms with Crippen molar-refractivity contribution in [2.24, 2.45) is 11.8 Å². The molecule has 1 unspecified atom stereocenters. The molecule has 0 fully saturated rings. The number of halogens is 1. The van der Waals surface area contributed by atoms with E-state index < -0.39 is 17.9 Å². The van der Waals surface area contributed by atoms with E-state index in [0.717, 1.165) is 5.01 Å². The molecule has 0 radical (unpaired) electrons. The lowest BCUT2D eigenvalue weighted by Gasteiger charge is -2.29. The maximum absolute atomic E-state index is 12.1. The van der Waals surface area contributed by atoms with Crippen molar-refractivity contribution in [3.8, 4) is 0 Å². The highest BCUT2D eigenvalue weighted by molar-refractivity contribution is 5.85. The minimum absolute atomic E-state index is 0.0212. The van der Waals surface area contributed by atoms with Crippen molar-refractivity contribution in [3.05, 3.63) is 23.9 Å². The van der Waals surface area contributed by atoms with Crippen LogP contribution in [0.25, 0.3) is 0 Å². The molecule has 2 atom stereocenters. The van der Waals surface area contributed by atoms with Gasteiger partial charge in [-0.3, -0.25) is 14.7 Å². The first-order valence-electron chi connectivity index (χ1n) is 7.50. The van der Waals surface area contributed by atoms with Crippen molar-refractivity contribution in [1.82, 2.24) is 10.3 Å². The second-order valence-corrected chi connectivity index (χ2v) is 4.71. The van der Waals surface area contributed by atoms with E-state index in [0.29, 0.717) is 18.7 Å². The predicted molar refractivity (Wildman–Crippen MR) is 82.7 cm³/mol. The van der Waals surface area contributed by atoms with E-state index in [1.54, 1.807) is 13.0 Å². The molecule has 1 rings (SSSR count). The van der Waals surface area contributed by atoms with Crippen molar-refractivity contribution in [2.75, 3.05) is 6.54 Å². The van der Waals surface area contributed by atoms with E-state index in [-0.39, 0.29) is 12.3 Å². The van der Waals surface area contributed by atoms with Gasteiger partial charge in [-0.1, -0.05) is 46.3 Å². The zero-order chi connectivity index (χ0) is 17.1. The van der Waals surface area contributed by atoms with Gasteiger partial charge in [0.25, 0.3) is 0 Å². The summed E-state index contributed by atoms with van der Waals surface area (Å²) in [5, 5.41) is 3.77. The van der Waals surface area contributed by atoms with Crippen LogP contribution in [0, 0.1) is 5.92 Å². The molecule has 3 N–H and O–H groups in total. The molecule has 126 valence electrons. The van der Waals surface area contributed by atoms with Gasteiger partial charge in [-0.25, -0.2) is 10.6 Å². The van der Waals surface area contributed by atoms with Crippen LogP contribution in [0.15, 0.2) is 23.9 Å². The van der Waals surface area contributed by atoms with Crippen LogP contribution >= 0.6 is 0 Å². The Bertz CT molecular complexity index is 424. The smallest absolute Gasteiger partial charge is 0.372 e. The van der Waals surface area contributed by atoms with Crippen LogP contribution in [0.5, 0.6) is 0 Å². The van der Waals surface area contributed by atoms with Gasteiger partial charge in [0.2, 0.25) is 5.91 Å². The minimum Gasteiger partial charge on any atom is -0.384 e. The second kappa shape index (κ2) is 10.8. The van der Waals surface area contributed by atoms with Crippen molar-refractivity contribution in [1.29, 1.82) is 0 Å². The van der Waals surface area contributed by atoms with Gasteiger partial charge in [-0.05, 0) is 12.0 Å². The molecule has 6 nitrogen and oxygen atoms in total. The molecule has 0 aromatic rings. The molecular formula is C15H26FN3O3. The third-order valence-electron chi connectivity index (χ3n) is 3.31. The number of rotatable bonds is 6. The molecule has 0 aromatic carbocycles. The van der Waals surface area contributed by atoms with E-state index in [1.807, 2.05) is 32.9 Å². The average Bonchev–Trinajstić information content (AvgIpc) is 2.57. The quantitative estimate of drug-likeness (QED) is 0.445. The molecule has 0 saturated heterocycles. The van der Waals surface area contributed by atoms with Crippen molar-refractivity contribution in [2.45, 2.75) is 46.6 Å². The number of allylic oxidation sites excluding steroid dienone is 2. The summed E-state index contributed by atoms with van der Waals surface area (Å²) in [6.45, 7) is 8.15. The topological polar surface area (TPSA) is 84.7 Å². The normalized spacial score (nSPS) is 15.5. The lowest BCUT2D eigenvalue weighted by atomic mass is 9.98. The molecular weight excluding hydrogens is 289 g/mol. The van der Waals surface area contributed by atoms with Crippen molar-refractivity contribution in [3.63, 3.8) is 0 Å². The molecule has 1 amide bonds. The van der Waals surface area contributed by atoms with E-state index in [1.165, 1.54) is 0 Å². The summed E-state index contributed by atoms with van der Waals surface area (Å²) in [7, 11) is 0. The lowest BCUT2D eigenvalue weighted by molar-refractivity contribution is -0.193. The summed E-state index contributed by atoms with van der Waals surface area (Å²) in [5.41, 5.74) is 0.699. The number of nitrogens with one attached hydrogen (secondary N) is 1. The maximum Gasteiger partial charge on any atom is 0.372 e. The number of nitrogens with zero attached hydrogens (tertiary/aromatic N) is 1. The molecule has 0 saturated carbocycles. The Morgan fingerprint density at radius 2 is 2.14 bits per heavy atom. The van der Waals surface area contributed by atoms with Gasteiger partial charge in [0.05, 0.1) is 6.42 Å². The van der Waals surface area contributed by atoms with Gasteiger partial charge in [0.15, 0.2) is 6.04 Å². The number of hydrogen-bond donors (Lipinski definition) is 2. The predicted octanol–water partition coefficient (Wildman–Crippen LogP) is 1.99. The van der Waals surface area contributed by atoms with Crippen LogP contribution in [0.4, 0.5) is 4.53 Å². The maximum atomic E-state index is 12.1. The number of dihydropyridines is 1. The van der Waals surface area contributed by atoms with Gasteiger partial charge < -0.3 is 5.32 Å². The Morgan fingerprint density at radius 1 is 1.50 bits per heavy atom. The number of carbonyl (C=O) groups excluding carboxylic acids is 2. The highest BCUT2D eigenvalue weighted by Gasteiger charge is 2.34. The summed E-state index contributed by atoms with van der Waals surface area (Å²) in [5.74, 6) is 3.74. The zero-order valence-electron chi connectivity index (χ0n) is 13.6. The van der Waals surface area contributed by atoms with Gasteiger partial charge in [0, 0.05) is 16.8 Å². The first-order chi connectivity index (χ1) is 10.5. The highest BCUT2D eigenvalue weighted by atomic mass is 19.3. The minimum atomic E-state index is -1.15. The second-order valence-electron chi connectivity index (χ2n) is 4.71. The van der Waals surface area contributed by atoms with Gasteiger partial charge in [0.1, 0.15) is 0 Å². The first kappa shape index (κ1) is 20.1. The molecule has 1 aliphatic rings. The fourth-order valence-electron chi connectivity index (χ4n) is 1.92. The fourth-order valence-corrected chi connectivity index (χ4v) is 1.92. The fraction of sp³-hybridized carbons (Fsp3) is 0.600. The van der Waals surface area contributed by atoms with Crippen LogP contribution in [0.2, 0.25) is 0 Å². The standard InChI is InChI=1S/C13H20FN3O3.C2H6/c1-3-9(2)12(13(19)20-14)17(15)11(18)8-10-6-4-5-7-16-10;1-2/h4-6,9,12,16H,3,7-8,15H2,1-2H3;1-2H3/t9?,12-;/m0./s1. The van der Waals surface area contributed by atoms with Crippen LogP contribution in [-0.4, -0.2) is 29.5 Å². The Kier molecular flexibility index (Phi) is 9.86. The van der Waals surface area contributed by atoms with Crippen LogP contribution in [0.3, 0.4) is 0 Å². The monoisotopic (exact) mass is 315 g/mol. The van der Waals surface area contributed by atoms with Crippen molar-refractivity contribution >= 4 is 11.9 Å². The van der Waals surface area contributed by atoms with Gasteiger partial charge in [-0.15, -0.1) is 0 Å². The van der Waals surface area contributed by atoms with E-state index >= 15 is 0 Å². The summed E-state index contributed by atoms with van der Waals surface area (Å²) >= 11 is 0. The Morgan fingerprint density at radius 3 is 2.59 bits per heavy atom. The number of hydrogen-bond acceptors (Lipinski definition) is 5. The van der Waals surface area contributed by atoms with Gasteiger partial charge in [-0.2, -0.15) is 0 Å². The average molecular weight is 315 g/mol. The molecule has 22 heavy (non-hydrogen) atoms. The highest BCUT2D eigenvalue weighted by Crippen LogP contribution is 2.16. The molecule has 1 heterocycles. The summed E-state index contributed by atoms with van der Waals surface area (Å²) in [6.07, 6.45) is 6.05. The van der Waals surface area contributed by atoms with E-state index in [4.69, 9.17) is 5.84 Å². The third kappa shape index (κ3) is 5.85. The van der Waals surface area contributed by atoms with E-state index in [2.05, 4.69) is 10.3 Å². The zero-order valence-corrected chi connectivity index (χ0v) is 13.6. The largest absolute Gasteiger partial charge is 0.384 e. The van der Waals surface area contributed by atoms with E-state index in [9.17, 15) is 14.1 Å². The molecule has 7 heteroatoms. The van der Waals surface area contributed by atoms with Crippen LogP contribution in [-0.2, 0) is 14.5 Å². The molecule has 0 bridgehead atoms. The summed E-state index contributed by atoms with van der Waals surface area (Å²) in [6, 6.07) is -1.13. The molecule has 0 spiro atoms. The SMILES string of the molecule is CC.CCC(C)[C@@H](C(=O)OF)N(N)C(=O)CC1=CC=CCN1. The Labute approximate surface area is 131 Å². The number of hydrazine groups is 1. The number of carbonyl (C=O) groups is 2. The summed E-state index contributed by atoms with van der Waals surface area (Å²) < 4.78 is 12.1. The molecule has 0 aliphatic carbocycles. The third-order valence-corrected chi connectivity index (χ3v) is 3.31. The molecule has 1 aliphatic heterocycles. The van der Waals surface area contributed by atoms with Gasteiger partial charge >= 0.3 is 5.97 Å². The number of nitrogens with two attached hydrogens (primary N) is 1. The lowest BCUT2D eigenvalue weighted by Crippen LogP contribution is -2.53. The van der Waals surface area contributed by atoms with Crippen LogP contribution < -0.4 is 11.2 Å². The Hall–Kier alpha value is -1.89. The number of amides is 1. The Balaban J connectivity index is 0.00000211. The first-order valence-corrected chi connectivity index (χ1v) is 7.50.